The summed E-state index contributed by atoms with van der Waals surface area (Å²) in [6.45, 7) is 0.646. The average molecular weight is 299 g/mol. The molecular formula is C17H21N3O2. The van der Waals surface area contributed by atoms with Crippen LogP contribution >= 0.6 is 0 Å². The second-order valence-electron chi connectivity index (χ2n) is 5.46. The highest BCUT2D eigenvalue weighted by Crippen LogP contribution is 2.23. The van der Waals surface area contributed by atoms with Gasteiger partial charge in [-0.05, 0) is 32.1 Å². The van der Waals surface area contributed by atoms with Gasteiger partial charge in [0.2, 0.25) is 0 Å². The van der Waals surface area contributed by atoms with Crippen molar-refractivity contribution in [3.63, 3.8) is 0 Å². The molecule has 2 rings (SSSR count). The Bertz CT molecular complexity index is 614. The van der Waals surface area contributed by atoms with Crippen LogP contribution < -0.4 is 5.32 Å². The molecule has 0 aliphatic carbocycles. The molecule has 1 atom stereocenters. The highest BCUT2D eigenvalue weighted by Gasteiger charge is 2.16. The van der Waals surface area contributed by atoms with Crippen molar-refractivity contribution in [1.82, 2.24) is 4.90 Å². The van der Waals surface area contributed by atoms with Crippen molar-refractivity contribution >= 4 is 11.4 Å². The number of hydrogen-bond donors (Lipinski definition) is 1. The van der Waals surface area contributed by atoms with Crippen LogP contribution in [0.25, 0.3) is 0 Å². The van der Waals surface area contributed by atoms with E-state index in [4.69, 9.17) is 0 Å². The minimum atomic E-state index is -0.357. The van der Waals surface area contributed by atoms with Crippen LogP contribution in [0.3, 0.4) is 0 Å². The third kappa shape index (κ3) is 4.30. The molecule has 5 nitrogen and oxygen atoms in total. The minimum absolute atomic E-state index is 0.111. The normalized spacial score (nSPS) is 12.1. The van der Waals surface area contributed by atoms with Crippen LogP contribution in [0.5, 0.6) is 0 Å². The predicted octanol–water partition coefficient (Wildman–Crippen LogP) is 3.18. The van der Waals surface area contributed by atoms with Gasteiger partial charge in [-0.15, -0.1) is 0 Å². The zero-order valence-electron chi connectivity index (χ0n) is 12.9. The van der Waals surface area contributed by atoms with Crippen molar-refractivity contribution in [3.05, 3.63) is 70.3 Å². The Kier molecular flexibility index (Phi) is 5.49. The molecule has 0 amide bonds. The number of benzene rings is 2. The molecule has 0 aliphatic heterocycles. The first-order valence-corrected chi connectivity index (χ1v) is 7.25. The molecule has 2 aromatic rings. The van der Waals surface area contributed by atoms with Gasteiger partial charge in [0, 0.05) is 18.7 Å². The lowest BCUT2D eigenvalue weighted by Gasteiger charge is -2.25. The van der Waals surface area contributed by atoms with E-state index in [1.807, 2.05) is 32.3 Å². The summed E-state index contributed by atoms with van der Waals surface area (Å²) in [5, 5.41) is 14.3. The molecule has 0 heterocycles. The summed E-state index contributed by atoms with van der Waals surface area (Å²) < 4.78 is 0. The summed E-state index contributed by atoms with van der Waals surface area (Å²) in [5.41, 5.74) is 1.93. The Morgan fingerprint density at radius 1 is 1.09 bits per heavy atom. The van der Waals surface area contributed by atoms with Gasteiger partial charge in [0.25, 0.3) is 5.69 Å². The van der Waals surface area contributed by atoms with E-state index in [1.165, 1.54) is 11.6 Å². The molecule has 1 unspecified atom stereocenters. The lowest BCUT2D eigenvalue weighted by Crippen LogP contribution is -2.36. The number of likely N-dealkylation sites (N-methyl/N-ethyl adjacent to an activating group) is 1. The molecular weight excluding hydrogens is 278 g/mol. The van der Waals surface area contributed by atoms with Gasteiger partial charge < -0.3 is 10.2 Å². The molecule has 0 saturated carbocycles. The molecule has 0 aliphatic rings. The first-order valence-electron chi connectivity index (χ1n) is 7.25. The Balaban J connectivity index is 2.05. The fourth-order valence-electron chi connectivity index (χ4n) is 2.33. The maximum absolute atomic E-state index is 11.0. The van der Waals surface area contributed by atoms with Gasteiger partial charge in [-0.2, -0.15) is 0 Å². The van der Waals surface area contributed by atoms with Crippen LogP contribution in [0.2, 0.25) is 0 Å². The zero-order chi connectivity index (χ0) is 15.9. The van der Waals surface area contributed by atoms with Crippen molar-refractivity contribution in [2.75, 3.05) is 26.0 Å². The van der Waals surface area contributed by atoms with E-state index in [0.717, 1.165) is 6.42 Å². The number of para-hydroxylation sites is 2. The molecule has 0 bridgehead atoms. The number of nitrogens with one attached hydrogen (secondary N) is 1. The summed E-state index contributed by atoms with van der Waals surface area (Å²) in [4.78, 5) is 12.8. The monoisotopic (exact) mass is 299 g/mol. The molecule has 5 heteroatoms. The number of nitro groups is 1. The Labute approximate surface area is 130 Å². The molecule has 116 valence electrons. The van der Waals surface area contributed by atoms with E-state index in [9.17, 15) is 10.1 Å². The van der Waals surface area contributed by atoms with Gasteiger partial charge in [0.05, 0.1) is 4.92 Å². The van der Waals surface area contributed by atoms with Gasteiger partial charge in [0.15, 0.2) is 0 Å². The number of rotatable bonds is 7. The minimum Gasteiger partial charge on any atom is -0.378 e. The lowest BCUT2D eigenvalue weighted by atomic mass is 10.1. The van der Waals surface area contributed by atoms with Crippen LogP contribution in [-0.2, 0) is 6.42 Å². The number of hydrogen-bond acceptors (Lipinski definition) is 4. The smallest absolute Gasteiger partial charge is 0.292 e. The fraction of sp³-hybridized carbons (Fsp3) is 0.294. The summed E-state index contributed by atoms with van der Waals surface area (Å²) >= 11 is 0. The van der Waals surface area contributed by atoms with Gasteiger partial charge >= 0.3 is 0 Å². The van der Waals surface area contributed by atoms with Gasteiger partial charge in [-0.25, -0.2) is 0 Å². The third-order valence-electron chi connectivity index (χ3n) is 3.67. The van der Waals surface area contributed by atoms with Crippen LogP contribution in [0.4, 0.5) is 11.4 Å². The number of nitrogens with zero attached hydrogens (tertiary/aromatic N) is 2. The quantitative estimate of drug-likeness (QED) is 0.630. The van der Waals surface area contributed by atoms with Crippen molar-refractivity contribution < 1.29 is 4.92 Å². The fourth-order valence-corrected chi connectivity index (χ4v) is 2.33. The first kappa shape index (κ1) is 16.0. The largest absolute Gasteiger partial charge is 0.378 e. The highest BCUT2D eigenvalue weighted by molar-refractivity contribution is 5.61. The first-order chi connectivity index (χ1) is 10.6. The van der Waals surface area contributed by atoms with Crippen molar-refractivity contribution in [1.29, 1.82) is 0 Å². The molecule has 1 N–H and O–H groups in total. The van der Waals surface area contributed by atoms with Gasteiger partial charge in [-0.3, -0.25) is 10.1 Å². The SMILES string of the molecule is CN(C)C(CNc1ccccc1[N+](=O)[O-])Cc1ccccc1. The molecule has 0 fully saturated rings. The van der Waals surface area contributed by atoms with E-state index in [2.05, 4.69) is 22.3 Å². The molecule has 0 radical (unpaired) electrons. The van der Waals surface area contributed by atoms with E-state index < -0.39 is 0 Å². The summed E-state index contributed by atoms with van der Waals surface area (Å²) in [7, 11) is 4.05. The van der Waals surface area contributed by atoms with Gasteiger partial charge in [0.1, 0.15) is 5.69 Å². The van der Waals surface area contributed by atoms with E-state index in [0.29, 0.717) is 12.2 Å². The zero-order valence-corrected chi connectivity index (χ0v) is 12.9. The maximum Gasteiger partial charge on any atom is 0.292 e. The van der Waals surface area contributed by atoms with Gasteiger partial charge in [-0.1, -0.05) is 42.5 Å². The summed E-state index contributed by atoms with van der Waals surface area (Å²) in [6, 6.07) is 17.2. The Morgan fingerprint density at radius 2 is 1.73 bits per heavy atom. The summed E-state index contributed by atoms with van der Waals surface area (Å²) in [6.07, 6.45) is 0.890. The standard InChI is InChI=1S/C17H21N3O2/c1-19(2)15(12-14-8-4-3-5-9-14)13-18-16-10-6-7-11-17(16)20(21)22/h3-11,15,18H,12-13H2,1-2H3. The average Bonchev–Trinajstić information content (AvgIpc) is 2.52. The summed E-state index contributed by atoms with van der Waals surface area (Å²) in [5.74, 6) is 0. The Hall–Kier alpha value is -2.40. The molecule has 0 saturated heterocycles. The second kappa shape index (κ2) is 7.56. The van der Waals surface area contributed by atoms with Crippen LogP contribution in [-0.4, -0.2) is 36.5 Å². The van der Waals surface area contributed by atoms with Crippen molar-refractivity contribution in [3.8, 4) is 0 Å². The number of anilines is 1. The van der Waals surface area contributed by atoms with Crippen LogP contribution in [0.1, 0.15) is 5.56 Å². The maximum atomic E-state index is 11.0. The molecule has 22 heavy (non-hydrogen) atoms. The second-order valence-corrected chi connectivity index (χ2v) is 5.46. The Morgan fingerprint density at radius 3 is 2.36 bits per heavy atom. The topological polar surface area (TPSA) is 58.4 Å². The van der Waals surface area contributed by atoms with Crippen molar-refractivity contribution in [2.24, 2.45) is 0 Å². The predicted molar refractivity (Wildman–Crippen MR) is 89.2 cm³/mol. The van der Waals surface area contributed by atoms with E-state index >= 15 is 0 Å². The molecule has 0 spiro atoms. The van der Waals surface area contributed by atoms with Crippen LogP contribution in [0, 0.1) is 10.1 Å². The van der Waals surface area contributed by atoms with Crippen molar-refractivity contribution in [2.45, 2.75) is 12.5 Å². The van der Waals surface area contributed by atoms with E-state index in [1.54, 1.807) is 18.2 Å². The van der Waals surface area contributed by atoms with E-state index in [-0.39, 0.29) is 16.7 Å². The molecule has 2 aromatic carbocycles. The number of nitro benzene ring substituents is 1. The highest BCUT2D eigenvalue weighted by atomic mass is 16.6. The molecule has 0 aromatic heterocycles. The third-order valence-corrected chi connectivity index (χ3v) is 3.67. The lowest BCUT2D eigenvalue weighted by molar-refractivity contribution is -0.384. The van der Waals surface area contributed by atoms with Crippen LogP contribution in [0.15, 0.2) is 54.6 Å².